The fourth-order valence-electron chi connectivity index (χ4n) is 2.44. The number of carbonyl (C=O) groups excluding carboxylic acids is 2. The molecule has 2 N–H and O–H groups in total. The van der Waals surface area contributed by atoms with Gasteiger partial charge in [0.2, 0.25) is 0 Å². The summed E-state index contributed by atoms with van der Waals surface area (Å²) in [6.07, 6.45) is 1.69. The van der Waals surface area contributed by atoms with Gasteiger partial charge < -0.3 is 10.6 Å². The van der Waals surface area contributed by atoms with E-state index in [1.807, 2.05) is 55.5 Å². The molecule has 0 aliphatic carbocycles. The highest BCUT2D eigenvalue weighted by Crippen LogP contribution is 2.12. The molecule has 0 saturated carbocycles. The summed E-state index contributed by atoms with van der Waals surface area (Å²) >= 11 is 0. The number of hydrogen-bond acceptors (Lipinski definition) is 2. The Kier molecular flexibility index (Phi) is 7.02. The molecule has 2 aromatic carbocycles. The summed E-state index contributed by atoms with van der Waals surface area (Å²) in [6, 6.07) is 20.0. The molecule has 0 aliphatic rings. The second kappa shape index (κ2) is 9.50. The topological polar surface area (TPSA) is 58.2 Å². The molecule has 0 aromatic heterocycles. The molecule has 0 heterocycles. The molecule has 1 unspecified atom stereocenters. The summed E-state index contributed by atoms with van der Waals surface area (Å²) < 4.78 is 0. The Bertz CT molecular complexity index is 641. The van der Waals surface area contributed by atoms with E-state index >= 15 is 0 Å². The molecule has 126 valence electrons. The van der Waals surface area contributed by atoms with Gasteiger partial charge in [-0.3, -0.25) is 9.59 Å². The summed E-state index contributed by atoms with van der Waals surface area (Å²) in [5, 5.41) is 5.35. The Balaban J connectivity index is 1.64. The molecular formula is C20H24N2O2. The molecule has 0 spiro atoms. The van der Waals surface area contributed by atoms with E-state index in [0.29, 0.717) is 13.1 Å². The van der Waals surface area contributed by atoms with Crippen molar-refractivity contribution in [3.8, 4) is 0 Å². The fourth-order valence-corrected chi connectivity index (χ4v) is 2.44. The van der Waals surface area contributed by atoms with E-state index in [1.165, 1.54) is 5.56 Å². The number of amides is 2. The molecule has 0 aliphatic heterocycles. The van der Waals surface area contributed by atoms with Crippen molar-refractivity contribution in [2.75, 3.05) is 13.1 Å². The van der Waals surface area contributed by atoms with Crippen molar-refractivity contribution in [1.82, 2.24) is 10.6 Å². The van der Waals surface area contributed by atoms with Gasteiger partial charge in [0.1, 0.15) is 0 Å². The summed E-state index contributed by atoms with van der Waals surface area (Å²) in [5.74, 6) is -0.971. The van der Waals surface area contributed by atoms with Crippen molar-refractivity contribution in [1.29, 1.82) is 0 Å². The number of benzene rings is 2. The van der Waals surface area contributed by atoms with Crippen molar-refractivity contribution < 1.29 is 9.59 Å². The van der Waals surface area contributed by atoms with Crippen LogP contribution in [0.4, 0.5) is 0 Å². The molecule has 0 fully saturated rings. The highest BCUT2D eigenvalue weighted by atomic mass is 16.2. The van der Waals surface area contributed by atoms with Gasteiger partial charge in [-0.1, -0.05) is 67.6 Å². The zero-order valence-corrected chi connectivity index (χ0v) is 14.0. The molecule has 0 bridgehead atoms. The first-order chi connectivity index (χ1) is 11.7. The van der Waals surface area contributed by atoms with Gasteiger partial charge in [-0.05, 0) is 29.9 Å². The third kappa shape index (κ3) is 5.88. The lowest BCUT2D eigenvalue weighted by atomic mass is 10.0. The van der Waals surface area contributed by atoms with E-state index in [2.05, 4.69) is 22.8 Å². The van der Waals surface area contributed by atoms with Crippen LogP contribution in [0.1, 0.15) is 30.4 Å². The van der Waals surface area contributed by atoms with E-state index in [1.54, 1.807) is 0 Å². The molecule has 2 aromatic rings. The molecule has 4 heteroatoms. The molecule has 4 nitrogen and oxygen atoms in total. The third-order valence-electron chi connectivity index (χ3n) is 3.91. The summed E-state index contributed by atoms with van der Waals surface area (Å²) in [6.45, 7) is 2.96. The maximum absolute atomic E-state index is 11.8. The van der Waals surface area contributed by atoms with Gasteiger partial charge in [0, 0.05) is 13.1 Å². The number of carbonyl (C=O) groups is 2. The van der Waals surface area contributed by atoms with Crippen LogP contribution >= 0.6 is 0 Å². The average Bonchev–Trinajstić information content (AvgIpc) is 2.64. The van der Waals surface area contributed by atoms with Crippen molar-refractivity contribution in [3.05, 3.63) is 71.8 Å². The highest BCUT2D eigenvalue weighted by Gasteiger charge is 2.14. The Morgan fingerprint density at radius 2 is 1.46 bits per heavy atom. The van der Waals surface area contributed by atoms with Crippen LogP contribution in [0.3, 0.4) is 0 Å². The predicted molar refractivity (Wildman–Crippen MR) is 95.6 cm³/mol. The lowest BCUT2D eigenvalue weighted by Gasteiger charge is -2.13. The minimum absolute atomic E-state index is 0.168. The monoisotopic (exact) mass is 324 g/mol. The molecular weight excluding hydrogens is 300 g/mol. The van der Waals surface area contributed by atoms with Gasteiger partial charge in [0.25, 0.3) is 0 Å². The van der Waals surface area contributed by atoms with Crippen LogP contribution in [0.15, 0.2) is 60.7 Å². The standard InChI is InChI=1S/C20H24N2O2/c1-16(18-12-6-3-7-13-18)15-22-20(24)19(23)21-14-8-11-17-9-4-2-5-10-17/h2-7,9-10,12-13,16H,8,11,14-15H2,1H3,(H,21,23)(H,22,24). The third-order valence-corrected chi connectivity index (χ3v) is 3.91. The summed E-state index contributed by atoms with van der Waals surface area (Å²) in [5.41, 5.74) is 2.37. The quantitative estimate of drug-likeness (QED) is 0.608. The molecule has 24 heavy (non-hydrogen) atoms. The van der Waals surface area contributed by atoms with Crippen molar-refractivity contribution >= 4 is 11.8 Å². The number of nitrogens with one attached hydrogen (secondary N) is 2. The van der Waals surface area contributed by atoms with Crippen molar-refractivity contribution in [3.63, 3.8) is 0 Å². The van der Waals surface area contributed by atoms with Crippen molar-refractivity contribution in [2.45, 2.75) is 25.7 Å². The SMILES string of the molecule is CC(CNC(=O)C(=O)NCCCc1ccccc1)c1ccccc1. The van der Waals surface area contributed by atoms with Gasteiger partial charge in [0.05, 0.1) is 0 Å². The minimum atomic E-state index is -0.572. The van der Waals surface area contributed by atoms with Crippen LogP contribution in [-0.2, 0) is 16.0 Å². The lowest BCUT2D eigenvalue weighted by molar-refractivity contribution is -0.139. The average molecular weight is 324 g/mol. The van der Waals surface area contributed by atoms with E-state index in [0.717, 1.165) is 18.4 Å². The normalized spacial score (nSPS) is 11.5. The molecule has 1 atom stereocenters. The van der Waals surface area contributed by atoms with Crippen LogP contribution in [0.5, 0.6) is 0 Å². The maximum atomic E-state index is 11.8. The maximum Gasteiger partial charge on any atom is 0.309 e. The lowest BCUT2D eigenvalue weighted by Crippen LogP contribution is -2.41. The fraction of sp³-hybridized carbons (Fsp3) is 0.300. The first-order valence-corrected chi connectivity index (χ1v) is 8.31. The van der Waals surface area contributed by atoms with E-state index in [4.69, 9.17) is 0 Å². The molecule has 2 rings (SSSR count). The smallest absolute Gasteiger partial charge is 0.309 e. The summed E-state index contributed by atoms with van der Waals surface area (Å²) in [7, 11) is 0. The van der Waals surface area contributed by atoms with Gasteiger partial charge >= 0.3 is 11.8 Å². The summed E-state index contributed by atoms with van der Waals surface area (Å²) in [4.78, 5) is 23.6. The number of hydrogen-bond donors (Lipinski definition) is 2. The molecule has 2 amide bonds. The zero-order chi connectivity index (χ0) is 17.2. The van der Waals surface area contributed by atoms with Crippen molar-refractivity contribution in [2.24, 2.45) is 0 Å². The molecule has 0 saturated heterocycles. The Labute approximate surface area is 143 Å². The zero-order valence-electron chi connectivity index (χ0n) is 14.0. The Hall–Kier alpha value is -2.62. The number of aryl methyl sites for hydroxylation is 1. The van der Waals surface area contributed by atoms with Crippen LogP contribution in [-0.4, -0.2) is 24.9 Å². The number of rotatable bonds is 7. The Morgan fingerprint density at radius 1 is 0.875 bits per heavy atom. The van der Waals surface area contributed by atoms with Crippen LogP contribution in [0, 0.1) is 0 Å². The molecule has 0 radical (unpaired) electrons. The van der Waals surface area contributed by atoms with Crippen LogP contribution < -0.4 is 10.6 Å². The van der Waals surface area contributed by atoms with Gasteiger partial charge in [0.15, 0.2) is 0 Å². The largest absolute Gasteiger partial charge is 0.348 e. The highest BCUT2D eigenvalue weighted by molar-refractivity contribution is 6.35. The second-order valence-corrected chi connectivity index (χ2v) is 5.87. The van der Waals surface area contributed by atoms with Crippen LogP contribution in [0.25, 0.3) is 0 Å². The first kappa shape index (κ1) is 17.7. The van der Waals surface area contributed by atoms with Gasteiger partial charge in [-0.15, -0.1) is 0 Å². The van der Waals surface area contributed by atoms with Crippen LogP contribution in [0.2, 0.25) is 0 Å². The van der Waals surface area contributed by atoms with E-state index < -0.39 is 11.8 Å². The van der Waals surface area contributed by atoms with E-state index in [-0.39, 0.29) is 5.92 Å². The second-order valence-electron chi connectivity index (χ2n) is 5.87. The van der Waals surface area contributed by atoms with E-state index in [9.17, 15) is 9.59 Å². The first-order valence-electron chi connectivity index (χ1n) is 8.31. The van der Waals surface area contributed by atoms with Gasteiger partial charge in [-0.2, -0.15) is 0 Å². The minimum Gasteiger partial charge on any atom is -0.348 e. The Morgan fingerprint density at radius 3 is 2.12 bits per heavy atom. The van der Waals surface area contributed by atoms with Gasteiger partial charge in [-0.25, -0.2) is 0 Å². The predicted octanol–water partition coefficient (Wildman–Crippen LogP) is 2.66.